The van der Waals surface area contributed by atoms with Crippen LogP contribution in [0.2, 0.25) is 0 Å². The predicted octanol–water partition coefficient (Wildman–Crippen LogP) is 2.23. The molecule has 0 amide bonds. The Morgan fingerprint density at radius 2 is 2.00 bits per heavy atom. The molecule has 0 saturated carbocycles. The number of hydrogen-bond donors (Lipinski definition) is 2. The summed E-state index contributed by atoms with van der Waals surface area (Å²) in [5.74, 6) is 0.683. The average Bonchev–Trinajstić information content (AvgIpc) is 2.62. The molecule has 1 aromatic carbocycles. The fourth-order valence-corrected chi connectivity index (χ4v) is 1.19. The van der Waals surface area contributed by atoms with Crippen molar-refractivity contribution in [3.05, 3.63) is 36.6 Å². The maximum absolute atomic E-state index is 9.58. The van der Waals surface area contributed by atoms with E-state index in [0.29, 0.717) is 17.0 Å². The van der Waals surface area contributed by atoms with E-state index >= 15 is 0 Å². The molecule has 0 aliphatic carbocycles. The molecule has 1 aromatic heterocycles. The number of phenols is 1. The van der Waals surface area contributed by atoms with Crippen molar-refractivity contribution in [1.82, 2.24) is 0 Å². The van der Waals surface area contributed by atoms with Gasteiger partial charge in [-0.3, -0.25) is 0 Å². The van der Waals surface area contributed by atoms with E-state index in [0.717, 1.165) is 0 Å². The number of para-hydroxylation sites is 1. The smallest absolute Gasteiger partial charge is 0.149 e. The van der Waals surface area contributed by atoms with Gasteiger partial charge < -0.3 is 15.3 Å². The van der Waals surface area contributed by atoms with E-state index in [9.17, 15) is 5.11 Å². The van der Waals surface area contributed by atoms with Crippen molar-refractivity contribution >= 4 is 5.69 Å². The van der Waals surface area contributed by atoms with Crippen molar-refractivity contribution < 1.29 is 9.52 Å². The largest absolute Gasteiger partial charge is 0.505 e. The number of nitrogen functional groups attached to an aromatic ring is 1. The van der Waals surface area contributed by atoms with E-state index in [1.54, 1.807) is 36.6 Å². The summed E-state index contributed by atoms with van der Waals surface area (Å²) in [5, 5.41) is 9.58. The zero-order valence-electron chi connectivity index (χ0n) is 6.90. The summed E-state index contributed by atoms with van der Waals surface area (Å²) < 4.78 is 5.14. The Kier molecular flexibility index (Phi) is 1.70. The molecule has 2 aromatic rings. The summed E-state index contributed by atoms with van der Waals surface area (Å²) in [4.78, 5) is 0. The van der Waals surface area contributed by atoms with Crippen LogP contribution >= 0.6 is 0 Å². The van der Waals surface area contributed by atoms with Crippen molar-refractivity contribution in [3.63, 3.8) is 0 Å². The van der Waals surface area contributed by atoms with Gasteiger partial charge in [-0.25, -0.2) is 0 Å². The number of aromatic hydroxyl groups is 1. The molecule has 0 atom stereocenters. The van der Waals surface area contributed by atoms with Crippen LogP contribution in [0.3, 0.4) is 0 Å². The molecular formula is C10H9NO2. The summed E-state index contributed by atoms with van der Waals surface area (Å²) in [7, 11) is 0. The van der Waals surface area contributed by atoms with E-state index in [4.69, 9.17) is 10.2 Å². The quantitative estimate of drug-likeness (QED) is 0.516. The lowest BCUT2D eigenvalue weighted by molar-refractivity contribution is 0.476. The monoisotopic (exact) mass is 175 g/mol. The second-order valence-electron chi connectivity index (χ2n) is 2.72. The number of benzene rings is 1. The van der Waals surface area contributed by atoms with Crippen molar-refractivity contribution in [3.8, 4) is 17.1 Å². The Labute approximate surface area is 75.4 Å². The van der Waals surface area contributed by atoms with Gasteiger partial charge in [-0.05, 0) is 24.3 Å². The average molecular weight is 175 g/mol. The second-order valence-corrected chi connectivity index (χ2v) is 2.72. The van der Waals surface area contributed by atoms with Crippen molar-refractivity contribution in [2.75, 3.05) is 5.73 Å². The summed E-state index contributed by atoms with van der Waals surface area (Å²) in [6, 6.07) is 8.70. The first-order valence-electron chi connectivity index (χ1n) is 3.90. The van der Waals surface area contributed by atoms with Crippen LogP contribution in [0.1, 0.15) is 0 Å². The van der Waals surface area contributed by atoms with Gasteiger partial charge in [-0.2, -0.15) is 0 Å². The Bertz CT molecular complexity index is 407. The first kappa shape index (κ1) is 7.73. The molecule has 66 valence electrons. The molecule has 0 aliphatic rings. The van der Waals surface area contributed by atoms with Crippen LogP contribution in [0.25, 0.3) is 11.3 Å². The van der Waals surface area contributed by atoms with Gasteiger partial charge in [0.25, 0.3) is 0 Å². The SMILES string of the molecule is Nc1cccc(-c2ccco2)c1O. The van der Waals surface area contributed by atoms with Crippen LogP contribution < -0.4 is 5.73 Å². The number of nitrogens with two attached hydrogens (primary N) is 1. The van der Waals surface area contributed by atoms with Crippen LogP contribution in [-0.4, -0.2) is 5.11 Å². The molecule has 3 N–H and O–H groups in total. The summed E-state index contributed by atoms with van der Waals surface area (Å²) in [5.41, 5.74) is 6.51. The molecule has 3 nitrogen and oxygen atoms in total. The van der Waals surface area contributed by atoms with E-state index in [-0.39, 0.29) is 5.75 Å². The fraction of sp³-hybridized carbons (Fsp3) is 0. The zero-order valence-corrected chi connectivity index (χ0v) is 6.90. The van der Waals surface area contributed by atoms with Gasteiger partial charge in [0.15, 0.2) is 0 Å². The van der Waals surface area contributed by atoms with Crippen molar-refractivity contribution in [1.29, 1.82) is 0 Å². The minimum absolute atomic E-state index is 0.0671. The number of furan rings is 1. The van der Waals surface area contributed by atoms with Crippen LogP contribution in [0.5, 0.6) is 5.75 Å². The Hall–Kier alpha value is -1.90. The summed E-state index contributed by atoms with van der Waals surface area (Å²) >= 11 is 0. The highest BCUT2D eigenvalue weighted by Gasteiger charge is 2.07. The van der Waals surface area contributed by atoms with Gasteiger partial charge in [-0.15, -0.1) is 0 Å². The highest BCUT2D eigenvalue weighted by molar-refractivity contribution is 5.73. The van der Waals surface area contributed by atoms with Crippen LogP contribution in [0.15, 0.2) is 41.0 Å². The van der Waals surface area contributed by atoms with Gasteiger partial charge in [0, 0.05) is 0 Å². The highest BCUT2D eigenvalue weighted by atomic mass is 16.3. The number of rotatable bonds is 1. The van der Waals surface area contributed by atoms with E-state index in [1.165, 1.54) is 0 Å². The molecule has 13 heavy (non-hydrogen) atoms. The van der Waals surface area contributed by atoms with Crippen molar-refractivity contribution in [2.24, 2.45) is 0 Å². The van der Waals surface area contributed by atoms with E-state index in [2.05, 4.69) is 0 Å². The third kappa shape index (κ3) is 1.24. The first-order chi connectivity index (χ1) is 6.29. The number of phenolic OH excluding ortho intramolecular Hbond substituents is 1. The summed E-state index contributed by atoms with van der Waals surface area (Å²) in [6.07, 6.45) is 1.55. The van der Waals surface area contributed by atoms with Crippen LogP contribution in [-0.2, 0) is 0 Å². The molecule has 0 aliphatic heterocycles. The van der Waals surface area contributed by atoms with Crippen LogP contribution in [0.4, 0.5) is 5.69 Å². The molecule has 0 spiro atoms. The third-order valence-corrected chi connectivity index (χ3v) is 1.85. The zero-order chi connectivity index (χ0) is 9.26. The fourth-order valence-electron chi connectivity index (χ4n) is 1.19. The Morgan fingerprint density at radius 3 is 2.69 bits per heavy atom. The topological polar surface area (TPSA) is 59.4 Å². The number of anilines is 1. The lowest BCUT2D eigenvalue weighted by Gasteiger charge is -2.02. The van der Waals surface area contributed by atoms with E-state index < -0.39 is 0 Å². The molecular weight excluding hydrogens is 166 g/mol. The normalized spacial score (nSPS) is 10.2. The molecule has 0 saturated heterocycles. The maximum atomic E-state index is 9.58. The molecule has 3 heteroatoms. The predicted molar refractivity (Wildman–Crippen MR) is 50.2 cm³/mol. The van der Waals surface area contributed by atoms with Gasteiger partial charge in [0.1, 0.15) is 11.5 Å². The molecule has 0 unspecified atom stereocenters. The number of hydrogen-bond acceptors (Lipinski definition) is 3. The minimum atomic E-state index is 0.0671. The third-order valence-electron chi connectivity index (χ3n) is 1.85. The Morgan fingerprint density at radius 1 is 1.15 bits per heavy atom. The minimum Gasteiger partial charge on any atom is -0.505 e. The van der Waals surface area contributed by atoms with Gasteiger partial charge in [0.2, 0.25) is 0 Å². The molecule has 0 bridgehead atoms. The van der Waals surface area contributed by atoms with E-state index in [1.807, 2.05) is 0 Å². The van der Waals surface area contributed by atoms with Gasteiger partial charge >= 0.3 is 0 Å². The highest BCUT2D eigenvalue weighted by Crippen LogP contribution is 2.33. The Balaban J connectivity index is 2.59. The maximum Gasteiger partial charge on any atom is 0.149 e. The molecule has 0 radical (unpaired) electrons. The van der Waals surface area contributed by atoms with Gasteiger partial charge in [-0.1, -0.05) is 6.07 Å². The van der Waals surface area contributed by atoms with Gasteiger partial charge in [0.05, 0.1) is 17.5 Å². The lowest BCUT2D eigenvalue weighted by atomic mass is 10.1. The first-order valence-corrected chi connectivity index (χ1v) is 3.90. The lowest BCUT2D eigenvalue weighted by Crippen LogP contribution is -1.86. The molecule has 0 fully saturated rings. The molecule has 1 heterocycles. The standard InChI is InChI=1S/C10H9NO2/c11-8-4-1-3-7(10(8)12)9-5-2-6-13-9/h1-6,12H,11H2. The second kappa shape index (κ2) is 2.86. The molecule has 2 rings (SSSR count). The van der Waals surface area contributed by atoms with Crippen LogP contribution in [0, 0.1) is 0 Å². The van der Waals surface area contributed by atoms with Crippen molar-refractivity contribution in [2.45, 2.75) is 0 Å². The summed E-state index contributed by atoms with van der Waals surface area (Å²) in [6.45, 7) is 0.